The molecule has 1 heterocycles. The summed E-state index contributed by atoms with van der Waals surface area (Å²) in [6.07, 6.45) is -0.427. The number of carboxylic acids is 1. The van der Waals surface area contributed by atoms with Crippen LogP contribution in [0.1, 0.15) is 19.8 Å². The fourth-order valence-electron chi connectivity index (χ4n) is 1.42. The van der Waals surface area contributed by atoms with E-state index in [1.807, 2.05) is 0 Å². The largest absolute Gasteiger partial charge is 0.480 e. The van der Waals surface area contributed by atoms with Crippen LogP contribution in [0.5, 0.6) is 0 Å². The molecule has 1 fully saturated rings. The van der Waals surface area contributed by atoms with Crippen molar-refractivity contribution in [1.82, 2.24) is 5.32 Å². The maximum atomic E-state index is 12.7. The van der Waals surface area contributed by atoms with Crippen LogP contribution in [0.4, 0.5) is 8.78 Å². The standard InChI is InChI=1S/C7H11F2NO2.ClH/c1-2-6(5(11)12)3-7(8,9)4-10-6;/h10H,2-4H2,1H3,(H,11,12);1H. The lowest BCUT2D eigenvalue weighted by molar-refractivity contribution is -0.145. The van der Waals surface area contributed by atoms with Crippen molar-refractivity contribution >= 4 is 18.4 Å². The van der Waals surface area contributed by atoms with Crippen molar-refractivity contribution in [2.45, 2.75) is 31.2 Å². The minimum Gasteiger partial charge on any atom is -0.480 e. The normalized spacial score (nSPS) is 31.0. The predicted octanol–water partition coefficient (Wildman–Crippen LogP) is 1.27. The van der Waals surface area contributed by atoms with Crippen molar-refractivity contribution in [3.63, 3.8) is 0 Å². The Morgan fingerprint density at radius 2 is 2.15 bits per heavy atom. The molecule has 1 saturated heterocycles. The third kappa shape index (κ3) is 2.28. The van der Waals surface area contributed by atoms with E-state index in [-0.39, 0.29) is 18.8 Å². The Kier molecular flexibility index (Phi) is 3.63. The van der Waals surface area contributed by atoms with Crippen LogP contribution < -0.4 is 5.32 Å². The Hall–Kier alpha value is -0.420. The number of hydrogen-bond donors (Lipinski definition) is 2. The summed E-state index contributed by atoms with van der Waals surface area (Å²) in [4.78, 5) is 10.6. The van der Waals surface area contributed by atoms with Gasteiger partial charge in [-0.05, 0) is 6.42 Å². The van der Waals surface area contributed by atoms with Gasteiger partial charge >= 0.3 is 5.97 Å². The summed E-state index contributed by atoms with van der Waals surface area (Å²) >= 11 is 0. The third-order valence-electron chi connectivity index (χ3n) is 2.26. The molecule has 1 rings (SSSR count). The van der Waals surface area contributed by atoms with Crippen molar-refractivity contribution < 1.29 is 18.7 Å². The highest BCUT2D eigenvalue weighted by atomic mass is 35.5. The smallest absolute Gasteiger partial charge is 0.324 e. The van der Waals surface area contributed by atoms with Crippen molar-refractivity contribution in [1.29, 1.82) is 0 Å². The maximum Gasteiger partial charge on any atom is 0.324 e. The lowest BCUT2D eigenvalue weighted by atomic mass is 9.93. The first-order valence-corrected chi connectivity index (χ1v) is 3.78. The van der Waals surface area contributed by atoms with Gasteiger partial charge in [-0.2, -0.15) is 0 Å². The van der Waals surface area contributed by atoms with Gasteiger partial charge in [0.05, 0.1) is 6.54 Å². The van der Waals surface area contributed by atoms with Gasteiger partial charge in [-0.15, -0.1) is 12.4 Å². The van der Waals surface area contributed by atoms with Crippen molar-refractivity contribution in [3.05, 3.63) is 0 Å². The zero-order valence-corrected chi connectivity index (χ0v) is 7.96. The van der Waals surface area contributed by atoms with Crippen molar-refractivity contribution in [2.75, 3.05) is 6.54 Å². The molecule has 1 aliphatic rings. The molecular formula is C7H12ClF2NO2. The number of aliphatic carboxylic acids is 1. The zero-order chi connectivity index (χ0) is 9.41. The molecule has 0 bridgehead atoms. The van der Waals surface area contributed by atoms with Crippen LogP contribution in [0.15, 0.2) is 0 Å². The molecule has 13 heavy (non-hydrogen) atoms. The van der Waals surface area contributed by atoms with Crippen LogP contribution >= 0.6 is 12.4 Å². The summed E-state index contributed by atoms with van der Waals surface area (Å²) in [5.41, 5.74) is -1.41. The Bertz CT molecular complexity index is 213. The summed E-state index contributed by atoms with van der Waals surface area (Å²) in [5.74, 6) is -4.07. The monoisotopic (exact) mass is 215 g/mol. The molecule has 6 heteroatoms. The second kappa shape index (κ2) is 3.75. The van der Waals surface area contributed by atoms with E-state index in [4.69, 9.17) is 5.11 Å². The van der Waals surface area contributed by atoms with Gasteiger partial charge in [-0.25, -0.2) is 8.78 Å². The number of carbonyl (C=O) groups is 1. The quantitative estimate of drug-likeness (QED) is 0.730. The van der Waals surface area contributed by atoms with Crippen LogP contribution in [0.2, 0.25) is 0 Å². The SMILES string of the molecule is CCC1(C(=O)O)CC(F)(F)CN1.Cl. The van der Waals surface area contributed by atoms with Crippen LogP contribution in [0.25, 0.3) is 0 Å². The molecule has 0 aromatic heterocycles. The summed E-state index contributed by atoms with van der Waals surface area (Å²) < 4.78 is 25.3. The lowest BCUT2D eigenvalue weighted by Gasteiger charge is -2.21. The number of nitrogens with one attached hydrogen (secondary N) is 1. The van der Waals surface area contributed by atoms with E-state index in [9.17, 15) is 13.6 Å². The first-order chi connectivity index (χ1) is 5.42. The Labute approximate surface area is 80.9 Å². The molecule has 1 atom stereocenters. The molecule has 0 amide bonds. The molecule has 0 aromatic carbocycles. The van der Waals surface area contributed by atoms with Crippen LogP contribution in [0.3, 0.4) is 0 Å². The maximum absolute atomic E-state index is 12.7. The number of alkyl halides is 2. The third-order valence-corrected chi connectivity index (χ3v) is 2.26. The fourth-order valence-corrected chi connectivity index (χ4v) is 1.42. The first kappa shape index (κ1) is 12.6. The number of rotatable bonds is 2. The topological polar surface area (TPSA) is 49.3 Å². The molecule has 0 saturated carbocycles. The average molecular weight is 216 g/mol. The minimum absolute atomic E-state index is 0. The van der Waals surface area contributed by atoms with Crippen LogP contribution in [-0.2, 0) is 4.79 Å². The fraction of sp³-hybridized carbons (Fsp3) is 0.857. The molecule has 0 aliphatic carbocycles. The molecule has 1 aliphatic heterocycles. The molecule has 0 radical (unpaired) electrons. The van der Waals surface area contributed by atoms with Gasteiger partial charge in [-0.1, -0.05) is 6.92 Å². The van der Waals surface area contributed by atoms with E-state index in [1.54, 1.807) is 6.92 Å². The van der Waals surface area contributed by atoms with Gasteiger partial charge in [0.25, 0.3) is 5.92 Å². The molecule has 1 unspecified atom stereocenters. The number of carboxylic acid groups (broad SMARTS) is 1. The Morgan fingerprint density at radius 3 is 2.31 bits per heavy atom. The summed E-state index contributed by atoms with van der Waals surface area (Å²) in [5, 5.41) is 11.1. The lowest BCUT2D eigenvalue weighted by Crippen LogP contribution is -2.46. The number of halogens is 3. The molecule has 3 nitrogen and oxygen atoms in total. The summed E-state index contributed by atoms with van der Waals surface area (Å²) in [7, 11) is 0. The van der Waals surface area contributed by atoms with E-state index < -0.39 is 30.4 Å². The van der Waals surface area contributed by atoms with Gasteiger partial charge in [-0.3, -0.25) is 10.1 Å². The van der Waals surface area contributed by atoms with E-state index in [1.165, 1.54) is 0 Å². The van der Waals surface area contributed by atoms with Gasteiger partial charge < -0.3 is 5.11 Å². The van der Waals surface area contributed by atoms with Crippen molar-refractivity contribution in [3.8, 4) is 0 Å². The highest BCUT2D eigenvalue weighted by Crippen LogP contribution is 2.34. The molecule has 0 spiro atoms. The Morgan fingerprint density at radius 1 is 1.62 bits per heavy atom. The average Bonchev–Trinajstić information content (AvgIpc) is 2.27. The summed E-state index contributed by atoms with van der Waals surface area (Å²) in [6, 6.07) is 0. The van der Waals surface area contributed by atoms with Gasteiger partial charge in [0.15, 0.2) is 0 Å². The Balaban J connectivity index is 0.00000144. The van der Waals surface area contributed by atoms with Gasteiger partial charge in [0.1, 0.15) is 5.54 Å². The summed E-state index contributed by atoms with van der Waals surface area (Å²) in [6.45, 7) is 1.05. The first-order valence-electron chi connectivity index (χ1n) is 3.78. The zero-order valence-electron chi connectivity index (χ0n) is 7.14. The van der Waals surface area contributed by atoms with Crippen LogP contribution in [-0.4, -0.2) is 29.1 Å². The van der Waals surface area contributed by atoms with E-state index in [0.717, 1.165) is 0 Å². The van der Waals surface area contributed by atoms with Gasteiger partial charge in [0.2, 0.25) is 0 Å². The highest BCUT2D eigenvalue weighted by Gasteiger charge is 2.52. The molecular weight excluding hydrogens is 204 g/mol. The van der Waals surface area contributed by atoms with Crippen LogP contribution in [0, 0.1) is 0 Å². The van der Waals surface area contributed by atoms with Gasteiger partial charge in [0, 0.05) is 6.42 Å². The van der Waals surface area contributed by atoms with E-state index in [2.05, 4.69) is 5.32 Å². The highest BCUT2D eigenvalue weighted by molar-refractivity contribution is 5.85. The predicted molar refractivity (Wildman–Crippen MR) is 45.5 cm³/mol. The molecule has 0 aromatic rings. The second-order valence-electron chi connectivity index (χ2n) is 3.13. The number of hydrogen-bond acceptors (Lipinski definition) is 2. The second-order valence-corrected chi connectivity index (χ2v) is 3.13. The molecule has 2 N–H and O–H groups in total. The molecule has 78 valence electrons. The van der Waals surface area contributed by atoms with Crippen molar-refractivity contribution in [2.24, 2.45) is 0 Å². The van der Waals surface area contributed by atoms with E-state index >= 15 is 0 Å². The minimum atomic E-state index is -2.88. The van der Waals surface area contributed by atoms with E-state index in [0.29, 0.717) is 0 Å².